The van der Waals surface area contributed by atoms with E-state index in [1.807, 2.05) is 6.92 Å². The second-order valence-electron chi connectivity index (χ2n) is 6.45. The lowest BCUT2D eigenvalue weighted by Gasteiger charge is -2.21. The first-order valence-corrected chi connectivity index (χ1v) is 8.86. The van der Waals surface area contributed by atoms with E-state index >= 15 is 0 Å². The van der Waals surface area contributed by atoms with Crippen molar-refractivity contribution in [3.05, 3.63) is 69.0 Å². The van der Waals surface area contributed by atoms with Crippen LogP contribution >= 0.6 is 0 Å². The molecule has 0 radical (unpaired) electrons. The van der Waals surface area contributed by atoms with Crippen LogP contribution in [-0.4, -0.2) is 34.7 Å². The second-order valence-corrected chi connectivity index (χ2v) is 6.45. The Bertz CT molecular complexity index is 984. The maximum atomic E-state index is 13.7. The zero-order valence-electron chi connectivity index (χ0n) is 16.0. The third-order valence-corrected chi connectivity index (χ3v) is 4.18. The molecule has 0 fully saturated rings. The number of nitro benzene ring substituents is 1. The van der Waals surface area contributed by atoms with E-state index in [0.717, 1.165) is 12.1 Å². The highest BCUT2D eigenvalue weighted by atomic mass is 19.2. The molecule has 8 nitrogen and oxygen atoms in total. The topological polar surface area (TPSA) is 119 Å². The first kappa shape index (κ1) is 22.8. The van der Waals surface area contributed by atoms with Gasteiger partial charge in [0.1, 0.15) is 0 Å². The van der Waals surface area contributed by atoms with Crippen LogP contribution in [0.5, 0.6) is 0 Å². The monoisotopic (exact) mass is 424 g/mol. The van der Waals surface area contributed by atoms with Gasteiger partial charge in [-0.1, -0.05) is 13.0 Å². The lowest BCUT2D eigenvalue weighted by Crippen LogP contribution is -2.34. The van der Waals surface area contributed by atoms with E-state index in [-0.39, 0.29) is 29.9 Å². The molecule has 0 unspecified atom stereocenters. The Morgan fingerprint density at radius 1 is 1.17 bits per heavy atom. The Balaban J connectivity index is 2.18. The zero-order chi connectivity index (χ0) is 22.4. The molecule has 2 rings (SSSR count). The molecular weight excluding hydrogens is 405 g/mol. The molecule has 11 heteroatoms. The highest BCUT2D eigenvalue weighted by Crippen LogP contribution is 2.23. The van der Waals surface area contributed by atoms with Crippen molar-refractivity contribution >= 4 is 23.2 Å². The number of anilines is 1. The summed E-state index contributed by atoms with van der Waals surface area (Å²) in [5.41, 5.74) is 4.50. The summed E-state index contributed by atoms with van der Waals surface area (Å²) in [5, 5.41) is 13.5. The van der Waals surface area contributed by atoms with Gasteiger partial charge >= 0.3 is 0 Å². The van der Waals surface area contributed by atoms with Crippen molar-refractivity contribution in [1.82, 2.24) is 4.90 Å². The quantitative estimate of drug-likeness (QED) is 0.364. The number of amides is 2. The van der Waals surface area contributed by atoms with Gasteiger partial charge in [-0.3, -0.25) is 24.6 Å². The molecule has 0 aromatic heterocycles. The molecule has 0 bridgehead atoms. The Kier molecular flexibility index (Phi) is 7.48. The molecule has 30 heavy (non-hydrogen) atoms. The number of nitrogens with zero attached hydrogens (tertiary/aromatic N) is 2. The lowest BCUT2D eigenvalue weighted by molar-refractivity contribution is -0.385. The average molecular weight is 424 g/mol. The van der Waals surface area contributed by atoms with Gasteiger partial charge in [-0.2, -0.15) is 0 Å². The SMILES string of the molecule is CCCN(CC(=O)Nc1ccc(F)c(F)c1F)Cc1ccc(C(N)=O)cc1[N+](=O)[O-]. The van der Waals surface area contributed by atoms with Gasteiger partial charge in [-0.15, -0.1) is 0 Å². The molecule has 3 N–H and O–H groups in total. The van der Waals surface area contributed by atoms with Crippen LogP contribution in [0.2, 0.25) is 0 Å². The van der Waals surface area contributed by atoms with Gasteiger partial charge in [-0.25, -0.2) is 13.2 Å². The molecule has 160 valence electrons. The highest BCUT2D eigenvalue weighted by molar-refractivity contribution is 5.93. The molecule has 2 aromatic carbocycles. The predicted molar refractivity (Wildman–Crippen MR) is 102 cm³/mol. The maximum Gasteiger partial charge on any atom is 0.274 e. The molecule has 0 saturated heterocycles. The van der Waals surface area contributed by atoms with Gasteiger partial charge in [0.15, 0.2) is 17.5 Å². The minimum atomic E-state index is -1.71. The summed E-state index contributed by atoms with van der Waals surface area (Å²) in [7, 11) is 0. The van der Waals surface area contributed by atoms with Gasteiger partial charge in [0.2, 0.25) is 11.8 Å². The molecule has 0 aliphatic rings. The number of nitrogens with one attached hydrogen (secondary N) is 1. The molecule has 2 amide bonds. The third kappa shape index (κ3) is 5.54. The number of halogens is 3. The van der Waals surface area contributed by atoms with Crippen molar-refractivity contribution in [1.29, 1.82) is 0 Å². The van der Waals surface area contributed by atoms with Gasteiger partial charge in [0.25, 0.3) is 5.69 Å². The molecular formula is C19H19F3N4O4. The van der Waals surface area contributed by atoms with Crippen LogP contribution in [0.25, 0.3) is 0 Å². The fraction of sp³-hybridized carbons (Fsp3) is 0.263. The van der Waals surface area contributed by atoms with Crippen molar-refractivity contribution in [2.24, 2.45) is 5.73 Å². The fourth-order valence-electron chi connectivity index (χ4n) is 2.81. The van der Waals surface area contributed by atoms with Crippen LogP contribution in [-0.2, 0) is 11.3 Å². The van der Waals surface area contributed by atoms with Crippen molar-refractivity contribution in [3.8, 4) is 0 Å². The second kappa shape index (κ2) is 9.83. The van der Waals surface area contributed by atoms with Crippen LogP contribution in [0.3, 0.4) is 0 Å². The Morgan fingerprint density at radius 2 is 1.87 bits per heavy atom. The average Bonchev–Trinajstić information content (AvgIpc) is 2.68. The summed E-state index contributed by atoms with van der Waals surface area (Å²) in [6, 6.07) is 5.34. The van der Waals surface area contributed by atoms with Crippen LogP contribution in [0.15, 0.2) is 30.3 Å². The highest BCUT2D eigenvalue weighted by Gasteiger charge is 2.21. The third-order valence-electron chi connectivity index (χ3n) is 4.18. The molecule has 0 aliphatic heterocycles. The van der Waals surface area contributed by atoms with E-state index in [4.69, 9.17) is 5.73 Å². The minimum Gasteiger partial charge on any atom is -0.366 e. The van der Waals surface area contributed by atoms with Gasteiger partial charge in [-0.05, 0) is 31.2 Å². The summed E-state index contributed by atoms with van der Waals surface area (Å²) in [6.07, 6.45) is 0.597. The van der Waals surface area contributed by atoms with E-state index in [2.05, 4.69) is 5.32 Å². The van der Waals surface area contributed by atoms with Crippen LogP contribution in [0.4, 0.5) is 24.5 Å². The number of nitrogens with two attached hydrogens (primary N) is 1. The number of carbonyl (C=O) groups excluding carboxylic acids is 2. The maximum absolute atomic E-state index is 13.7. The summed E-state index contributed by atoms with van der Waals surface area (Å²) >= 11 is 0. The van der Waals surface area contributed by atoms with Crippen LogP contribution < -0.4 is 11.1 Å². The van der Waals surface area contributed by atoms with E-state index < -0.39 is 39.9 Å². The van der Waals surface area contributed by atoms with E-state index in [9.17, 15) is 32.9 Å². The normalized spacial score (nSPS) is 10.8. The summed E-state index contributed by atoms with van der Waals surface area (Å²) < 4.78 is 40.1. The minimum absolute atomic E-state index is 0.0170. The van der Waals surface area contributed by atoms with Crippen LogP contribution in [0.1, 0.15) is 29.3 Å². The standard InChI is InChI=1S/C19H19F3N4O4/c1-2-7-25(9-12-4-3-11(19(23)28)8-15(12)26(29)30)10-16(27)24-14-6-5-13(20)17(21)18(14)22/h3-6,8H,2,7,9-10H2,1H3,(H2,23,28)(H,24,27). The zero-order valence-corrected chi connectivity index (χ0v) is 16.0. The van der Waals surface area contributed by atoms with Crippen molar-refractivity contribution in [2.75, 3.05) is 18.4 Å². The number of rotatable bonds is 9. The summed E-state index contributed by atoms with van der Waals surface area (Å²) in [4.78, 5) is 35.8. The number of primary amides is 1. The first-order chi connectivity index (χ1) is 14.1. The molecule has 0 saturated carbocycles. The number of benzene rings is 2. The molecule has 0 atom stereocenters. The number of carbonyl (C=O) groups is 2. The Hall–Kier alpha value is -3.47. The largest absolute Gasteiger partial charge is 0.366 e. The lowest BCUT2D eigenvalue weighted by atomic mass is 10.1. The first-order valence-electron chi connectivity index (χ1n) is 8.86. The number of hydrogen-bond acceptors (Lipinski definition) is 5. The smallest absolute Gasteiger partial charge is 0.274 e. The molecule has 0 aliphatic carbocycles. The van der Waals surface area contributed by atoms with Gasteiger partial charge in [0.05, 0.1) is 17.2 Å². The van der Waals surface area contributed by atoms with E-state index in [1.54, 1.807) is 4.90 Å². The van der Waals surface area contributed by atoms with E-state index in [0.29, 0.717) is 19.0 Å². The predicted octanol–water partition coefficient (Wildman–Crippen LogP) is 2.96. The fourth-order valence-corrected chi connectivity index (χ4v) is 2.81. The number of hydrogen-bond donors (Lipinski definition) is 2. The van der Waals surface area contributed by atoms with Crippen molar-refractivity contribution < 1.29 is 27.7 Å². The molecule has 0 heterocycles. The van der Waals surface area contributed by atoms with E-state index in [1.165, 1.54) is 12.1 Å². The van der Waals surface area contributed by atoms with Crippen molar-refractivity contribution in [2.45, 2.75) is 19.9 Å². The molecule has 2 aromatic rings. The van der Waals surface area contributed by atoms with Gasteiger partial charge in [0, 0.05) is 23.7 Å². The summed E-state index contributed by atoms with van der Waals surface area (Å²) in [6.45, 7) is 1.88. The van der Waals surface area contributed by atoms with Gasteiger partial charge < -0.3 is 11.1 Å². The van der Waals surface area contributed by atoms with Crippen LogP contribution in [0, 0.1) is 27.6 Å². The number of nitro groups is 1. The summed E-state index contributed by atoms with van der Waals surface area (Å²) in [5.74, 6) is -6.15. The van der Waals surface area contributed by atoms with Crippen molar-refractivity contribution in [3.63, 3.8) is 0 Å². The Labute approximate surface area is 169 Å². The molecule has 0 spiro atoms. The Morgan fingerprint density at radius 3 is 2.47 bits per heavy atom.